The van der Waals surface area contributed by atoms with Crippen LogP contribution in [0.5, 0.6) is 0 Å². The average molecular weight is 282 g/mol. The fourth-order valence-corrected chi connectivity index (χ4v) is 1.92. The first-order chi connectivity index (χ1) is 9.65. The quantitative estimate of drug-likeness (QED) is 0.855. The summed E-state index contributed by atoms with van der Waals surface area (Å²) in [6.07, 6.45) is 4.00. The highest BCUT2D eigenvalue weighted by atomic mass is 19.2. The predicted octanol–water partition coefficient (Wildman–Crippen LogP) is 2.18. The van der Waals surface area contributed by atoms with Gasteiger partial charge in [0, 0.05) is 6.54 Å². The van der Waals surface area contributed by atoms with Crippen LogP contribution in [0.1, 0.15) is 18.5 Å². The van der Waals surface area contributed by atoms with Gasteiger partial charge in [0.05, 0.1) is 11.9 Å². The molecular formula is C13H13F3N4. The molecule has 1 N–H and O–H groups in total. The van der Waals surface area contributed by atoms with Gasteiger partial charge in [0.2, 0.25) is 0 Å². The van der Waals surface area contributed by atoms with Gasteiger partial charge in [-0.15, -0.1) is 5.10 Å². The Hall–Kier alpha value is -1.89. The molecule has 7 heteroatoms. The van der Waals surface area contributed by atoms with Gasteiger partial charge in [0.1, 0.15) is 5.69 Å². The Labute approximate surface area is 113 Å². The van der Waals surface area contributed by atoms with Gasteiger partial charge in [-0.25, -0.2) is 17.9 Å². The summed E-state index contributed by atoms with van der Waals surface area (Å²) in [6.45, 7) is 1.44. The summed E-state index contributed by atoms with van der Waals surface area (Å²) < 4.78 is 40.7. The molecule has 106 valence electrons. The van der Waals surface area contributed by atoms with Crippen molar-refractivity contribution in [2.24, 2.45) is 5.92 Å². The molecule has 1 aromatic heterocycles. The Bertz CT molecular complexity index is 622. The van der Waals surface area contributed by atoms with Crippen LogP contribution in [0.4, 0.5) is 13.2 Å². The van der Waals surface area contributed by atoms with Crippen molar-refractivity contribution in [2.75, 3.05) is 6.54 Å². The molecule has 1 fully saturated rings. The number of rotatable bonds is 5. The summed E-state index contributed by atoms with van der Waals surface area (Å²) in [5.74, 6) is -3.26. The number of hydrogen-bond donors (Lipinski definition) is 1. The highest BCUT2D eigenvalue weighted by molar-refractivity contribution is 5.33. The second kappa shape index (κ2) is 5.24. The van der Waals surface area contributed by atoms with Gasteiger partial charge in [-0.1, -0.05) is 5.21 Å². The zero-order valence-corrected chi connectivity index (χ0v) is 10.6. The topological polar surface area (TPSA) is 42.7 Å². The van der Waals surface area contributed by atoms with E-state index < -0.39 is 17.5 Å². The van der Waals surface area contributed by atoms with Crippen LogP contribution in [-0.2, 0) is 6.54 Å². The molecule has 1 aromatic carbocycles. The minimum Gasteiger partial charge on any atom is -0.311 e. The Morgan fingerprint density at radius 1 is 1.20 bits per heavy atom. The molecule has 0 aliphatic heterocycles. The number of aromatic nitrogens is 3. The Kier molecular flexibility index (Phi) is 3.43. The molecule has 2 aromatic rings. The zero-order chi connectivity index (χ0) is 14.1. The summed E-state index contributed by atoms with van der Waals surface area (Å²) >= 11 is 0. The van der Waals surface area contributed by atoms with Crippen LogP contribution in [-0.4, -0.2) is 21.5 Å². The van der Waals surface area contributed by atoms with E-state index >= 15 is 0 Å². The SMILES string of the molecule is Fc1ccc(-n2cc(CNCC3CC3)nn2)c(F)c1F. The van der Waals surface area contributed by atoms with E-state index in [-0.39, 0.29) is 5.69 Å². The van der Waals surface area contributed by atoms with Crippen molar-refractivity contribution in [1.29, 1.82) is 0 Å². The summed E-state index contributed by atoms with van der Waals surface area (Å²) in [4.78, 5) is 0. The van der Waals surface area contributed by atoms with Crippen molar-refractivity contribution in [1.82, 2.24) is 20.3 Å². The van der Waals surface area contributed by atoms with Crippen LogP contribution < -0.4 is 5.32 Å². The molecule has 0 saturated heterocycles. The molecule has 0 amide bonds. The second-order valence-electron chi connectivity index (χ2n) is 4.92. The summed E-state index contributed by atoms with van der Waals surface area (Å²) in [5, 5.41) is 10.8. The van der Waals surface area contributed by atoms with Crippen molar-refractivity contribution in [3.05, 3.63) is 41.5 Å². The van der Waals surface area contributed by atoms with Gasteiger partial charge in [-0.05, 0) is 37.4 Å². The summed E-state index contributed by atoms with van der Waals surface area (Å²) in [5.41, 5.74) is 0.458. The smallest absolute Gasteiger partial charge is 0.196 e. The van der Waals surface area contributed by atoms with Crippen molar-refractivity contribution in [2.45, 2.75) is 19.4 Å². The van der Waals surface area contributed by atoms with Gasteiger partial charge in [-0.2, -0.15) is 0 Å². The molecular weight excluding hydrogens is 269 g/mol. The van der Waals surface area contributed by atoms with E-state index in [0.717, 1.165) is 29.3 Å². The maximum atomic E-state index is 13.6. The van der Waals surface area contributed by atoms with E-state index in [4.69, 9.17) is 0 Å². The van der Waals surface area contributed by atoms with E-state index in [2.05, 4.69) is 15.6 Å². The lowest BCUT2D eigenvalue weighted by Crippen LogP contribution is -2.16. The van der Waals surface area contributed by atoms with Crippen LogP contribution in [0.25, 0.3) is 5.69 Å². The van der Waals surface area contributed by atoms with Crippen LogP contribution in [0.3, 0.4) is 0 Å². The fourth-order valence-electron chi connectivity index (χ4n) is 1.92. The molecule has 0 bridgehead atoms. The third-order valence-electron chi connectivity index (χ3n) is 3.24. The van der Waals surface area contributed by atoms with Crippen molar-refractivity contribution in [3.8, 4) is 5.69 Å². The van der Waals surface area contributed by atoms with Crippen LogP contribution >= 0.6 is 0 Å². The van der Waals surface area contributed by atoms with Gasteiger partial charge in [0.15, 0.2) is 17.5 Å². The van der Waals surface area contributed by atoms with Crippen LogP contribution in [0.2, 0.25) is 0 Å². The molecule has 1 aliphatic rings. The molecule has 0 radical (unpaired) electrons. The van der Waals surface area contributed by atoms with Crippen LogP contribution in [0.15, 0.2) is 18.3 Å². The lowest BCUT2D eigenvalue weighted by molar-refractivity contribution is 0.442. The number of hydrogen-bond acceptors (Lipinski definition) is 3. The van der Waals surface area contributed by atoms with E-state index in [1.54, 1.807) is 0 Å². The van der Waals surface area contributed by atoms with Crippen molar-refractivity contribution in [3.63, 3.8) is 0 Å². The standard InChI is InChI=1S/C13H13F3N4/c14-10-3-4-11(13(16)12(10)15)20-7-9(18-19-20)6-17-5-8-1-2-8/h3-4,7-8,17H,1-2,5-6H2. The maximum absolute atomic E-state index is 13.6. The summed E-state index contributed by atoms with van der Waals surface area (Å²) in [6, 6.07) is 1.99. The predicted molar refractivity (Wildman–Crippen MR) is 65.7 cm³/mol. The van der Waals surface area contributed by atoms with E-state index in [9.17, 15) is 13.2 Å². The first-order valence-electron chi connectivity index (χ1n) is 6.41. The lowest BCUT2D eigenvalue weighted by atomic mass is 10.3. The third kappa shape index (κ3) is 2.67. The van der Waals surface area contributed by atoms with Crippen molar-refractivity contribution >= 4 is 0 Å². The van der Waals surface area contributed by atoms with Gasteiger partial charge in [-0.3, -0.25) is 0 Å². The van der Waals surface area contributed by atoms with Crippen molar-refractivity contribution < 1.29 is 13.2 Å². The number of benzene rings is 1. The first kappa shape index (κ1) is 13.1. The molecule has 20 heavy (non-hydrogen) atoms. The number of halogens is 3. The Morgan fingerprint density at radius 2 is 2.00 bits per heavy atom. The normalized spacial score (nSPS) is 14.8. The average Bonchev–Trinajstić information content (AvgIpc) is 3.14. The van der Waals surface area contributed by atoms with Gasteiger partial charge >= 0.3 is 0 Å². The second-order valence-corrected chi connectivity index (χ2v) is 4.92. The molecule has 0 unspecified atom stereocenters. The molecule has 0 atom stereocenters. The van der Waals surface area contributed by atoms with Gasteiger partial charge in [0.25, 0.3) is 0 Å². The Morgan fingerprint density at radius 3 is 2.75 bits per heavy atom. The zero-order valence-electron chi connectivity index (χ0n) is 10.6. The first-order valence-corrected chi connectivity index (χ1v) is 6.41. The van der Waals surface area contributed by atoms with Crippen LogP contribution in [0, 0.1) is 23.4 Å². The fraction of sp³-hybridized carbons (Fsp3) is 0.385. The lowest BCUT2D eigenvalue weighted by Gasteiger charge is -2.03. The molecule has 1 saturated carbocycles. The molecule has 0 spiro atoms. The van der Waals surface area contributed by atoms with E-state index in [1.807, 2.05) is 0 Å². The number of nitrogens with one attached hydrogen (secondary N) is 1. The monoisotopic (exact) mass is 282 g/mol. The number of nitrogens with zero attached hydrogens (tertiary/aromatic N) is 3. The van der Waals surface area contributed by atoms with E-state index in [1.165, 1.54) is 19.0 Å². The third-order valence-corrected chi connectivity index (χ3v) is 3.24. The maximum Gasteiger partial charge on any atom is 0.196 e. The molecule has 1 heterocycles. The minimum atomic E-state index is -1.51. The highest BCUT2D eigenvalue weighted by Gasteiger charge is 2.20. The minimum absolute atomic E-state index is 0.162. The molecule has 4 nitrogen and oxygen atoms in total. The largest absolute Gasteiger partial charge is 0.311 e. The Balaban J connectivity index is 1.73. The molecule has 1 aliphatic carbocycles. The van der Waals surface area contributed by atoms with Gasteiger partial charge < -0.3 is 5.32 Å². The van der Waals surface area contributed by atoms with E-state index in [0.29, 0.717) is 12.2 Å². The summed E-state index contributed by atoms with van der Waals surface area (Å²) in [7, 11) is 0. The highest BCUT2D eigenvalue weighted by Crippen LogP contribution is 2.27. The molecule has 3 rings (SSSR count).